The van der Waals surface area contributed by atoms with E-state index < -0.39 is 9.84 Å². The van der Waals surface area contributed by atoms with Crippen LogP contribution in [0.5, 0.6) is 5.88 Å². The van der Waals surface area contributed by atoms with E-state index in [9.17, 15) is 8.42 Å². The van der Waals surface area contributed by atoms with Crippen molar-refractivity contribution >= 4 is 15.8 Å². The summed E-state index contributed by atoms with van der Waals surface area (Å²) in [6.07, 6.45) is 2.91. The Balaban J connectivity index is 1.95. The van der Waals surface area contributed by atoms with Gasteiger partial charge in [-0.2, -0.15) is 0 Å². The lowest BCUT2D eigenvalue weighted by molar-refractivity contribution is 0.397. The molecule has 1 aromatic heterocycles. The minimum Gasteiger partial charge on any atom is -0.481 e. The van der Waals surface area contributed by atoms with Crippen LogP contribution in [0.25, 0.3) is 0 Å². The van der Waals surface area contributed by atoms with E-state index >= 15 is 0 Å². The molecule has 0 radical (unpaired) electrons. The van der Waals surface area contributed by atoms with Gasteiger partial charge < -0.3 is 15.4 Å². The molecule has 8 heteroatoms. The molecule has 0 fully saturated rings. The number of aryl methyl sites for hydroxylation is 1. The van der Waals surface area contributed by atoms with E-state index in [1.165, 1.54) is 6.26 Å². The zero-order valence-corrected chi connectivity index (χ0v) is 16.2. The van der Waals surface area contributed by atoms with Crippen molar-refractivity contribution in [3.05, 3.63) is 53.2 Å². The van der Waals surface area contributed by atoms with Crippen LogP contribution in [0.15, 0.2) is 46.4 Å². The Kier molecular flexibility index (Phi) is 6.57. The second-order valence-electron chi connectivity index (χ2n) is 5.86. The molecule has 0 saturated carbocycles. The number of nitrogens with one attached hydrogen (secondary N) is 2. The summed E-state index contributed by atoms with van der Waals surface area (Å²) in [4.78, 5) is 8.62. The third-order valence-corrected chi connectivity index (χ3v) is 5.05. The first-order chi connectivity index (χ1) is 12.3. The highest BCUT2D eigenvalue weighted by atomic mass is 32.2. The van der Waals surface area contributed by atoms with Crippen LogP contribution >= 0.6 is 0 Å². The monoisotopic (exact) mass is 376 g/mol. The second-order valence-corrected chi connectivity index (χ2v) is 7.84. The SMILES string of the molecule is CN=C(NCc1ccnc(OC)c1)NCc1ccc(S(C)(=O)=O)c(C)c1. The van der Waals surface area contributed by atoms with Gasteiger partial charge in [0.15, 0.2) is 15.8 Å². The molecule has 0 bridgehead atoms. The molecule has 2 N–H and O–H groups in total. The molecule has 2 rings (SSSR count). The fourth-order valence-corrected chi connectivity index (χ4v) is 3.46. The zero-order valence-electron chi connectivity index (χ0n) is 15.4. The van der Waals surface area contributed by atoms with Gasteiger partial charge in [0.1, 0.15) is 0 Å². The molecule has 0 atom stereocenters. The molecule has 0 unspecified atom stereocenters. The topological polar surface area (TPSA) is 92.7 Å². The van der Waals surface area contributed by atoms with Gasteiger partial charge in [-0.25, -0.2) is 13.4 Å². The molecule has 0 spiro atoms. The summed E-state index contributed by atoms with van der Waals surface area (Å²) in [6.45, 7) is 2.90. The molecule has 1 heterocycles. The van der Waals surface area contributed by atoms with Crippen LogP contribution in [0.2, 0.25) is 0 Å². The van der Waals surface area contributed by atoms with E-state index in [1.54, 1.807) is 39.4 Å². The molecule has 26 heavy (non-hydrogen) atoms. The van der Waals surface area contributed by atoms with Gasteiger partial charge in [0.05, 0.1) is 12.0 Å². The van der Waals surface area contributed by atoms with Crippen molar-refractivity contribution in [2.45, 2.75) is 24.9 Å². The van der Waals surface area contributed by atoms with Crippen molar-refractivity contribution in [3.63, 3.8) is 0 Å². The van der Waals surface area contributed by atoms with E-state index in [1.807, 2.05) is 18.2 Å². The minimum absolute atomic E-state index is 0.357. The van der Waals surface area contributed by atoms with E-state index in [0.717, 1.165) is 16.7 Å². The maximum absolute atomic E-state index is 11.7. The average molecular weight is 376 g/mol. The summed E-state index contributed by atoms with van der Waals surface area (Å²) >= 11 is 0. The maximum atomic E-state index is 11.7. The fourth-order valence-electron chi connectivity index (χ4n) is 2.50. The predicted molar refractivity (Wildman–Crippen MR) is 102 cm³/mol. The molecule has 2 aromatic rings. The zero-order chi connectivity index (χ0) is 19.2. The van der Waals surface area contributed by atoms with Gasteiger partial charge in [0, 0.05) is 38.7 Å². The average Bonchev–Trinajstić information content (AvgIpc) is 2.61. The highest BCUT2D eigenvalue weighted by Gasteiger charge is 2.11. The van der Waals surface area contributed by atoms with Crippen LogP contribution in [0.1, 0.15) is 16.7 Å². The van der Waals surface area contributed by atoms with Crippen LogP contribution in [0, 0.1) is 6.92 Å². The number of hydrogen-bond acceptors (Lipinski definition) is 5. The molecule has 1 aromatic carbocycles. The highest BCUT2D eigenvalue weighted by molar-refractivity contribution is 7.90. The molecule has 0 aliphatic carbocycles. The Morgan fingerprint density at radius 1 is 1.15 bits per heavy atom. The van der Waals surface area contributed by atoms with E-state index in [-0.39, 0.29) is 0 Å². The quantitative estimate of drug-likeness (QED) is 0.588. The van der Waals surface area contributed by atoms with E-state index in [0.29, 0.717) is 29.8 Å². The Labute approximate surface area is 154 Å². The highest BCUT2D eigenvalue weighted by Crippen LogP contribution is 2.16. The van der Waals surface area contributed by atoms with Gasteiger partial charge in [-0.1, -0.05) is 12.1 Å². The second kappa shape index (κ2) is 8.66. The molecule has 0 aliphatic heterocycles. The van der Waals surface area contributed by atoms with E-state index in [2.05, 4.69) is 20.6 Å². The summed E-state index contributed by atoms with van der Waals surface area (Å²) in [5.74, 6) is 1.21. The Morgan fingerprint density at radius 3 is 2.35 bits per heavy atom. The van der Waals surface area contributed by atoms with Crippen LogP contribution < -0.4 is 15.4 Å². The van der Waals surface area contributed by atoms with Crippen molar-refractivity contribution < 1.29 is 13.2 Å². The summed E-state index contributed by atoms with van der Waals surface area (Å²) in [6, 6.07) is 9.06. The smallest absolute Gasteiger partial charge is 0.213 e. The van der Waals surface area contributed by atoms with Crippen LogP contribution in [-0.2, 0) is 22.9 Å². The molecule has 0 saturated heterocycles. The van der Waals surface area contributed by atoms with Crippen molar-refractivity contribution in [1.82, 2.24) is 15.6 Å². The fraction of sp³-hybridized carbons (Fsp3) is 0.333. The van der Waals surface area contributed by atoms with Gasteiger partial charge in [0.2, 0.25) is 5.88 Å². The number of pyridine rings is 1. The molecule has 7 nitrogen and oxygen atoms in total. The number of aromatic nitrogens is 1. The molecular formula is C18H24N4O3S. The number of aliphatic imine (C=N–C) groups is 1. The normalized spacial score (nSPS) is 11.9. The van der Waals surface area contributed by atoms with Crippen molar-refractivity contribution in [2.24, 2.45) is 4.99 Å². The molecule has 140 valence electrons. The van der Waals surface area contributed by atoms with Gasteiger partial charge in [0.25, 0.3) is 0 Å². The standard InChI is InChI=1S/C18H24N4O3S/c1-13-9-14(5-6-16(13)26(4,23)24)11-21-18(19-2)22-12-15-7-8-20-17(10-15)25-3/h5-10H,11-12H2,1-4H3,(H2,19,21,22). The van der Waals surface area contributed by atoms with E-state index in [4.69, 9.17) is 4.74 Å². The van der Waals surface area contributed by atoms with Crippen LogP contribution in [0.4, 0.5) is 0 Å². The Hall–Kier alpha value is -2.61. The Bertz CT molecular complexity index is 895. The molecule has 0 aliphatic rings. The number of sulfone groups is 1. The summed E-state index contributed by atoms with van der Waals surface area (Å²) in [5, 5.41) is 6.43. The number of benzene rings is 1. The first-order valence-electron chi connectivity index (χ1n) is 8.06. The van der Waals surface area contributed by atoms with Crippen LogP contribution in [0.3, 0.4) is 0 Å². The number of ether oxygens (including phenoxy) is 1. The van der Waals surface area contributed by atoms with Crippen molar-refractivity contribution in [2.75, 3.05) is 20.4 Å². The molecular weight excluding hydrogens is 352 g/mol. The third-order valence-electron chi connectivity index (χ3n) is 3.79. The number of methoxy groups -OCH3 is 1. The first kappa shape index (κ1) is 19.7. The predicted octanol–water partition coefficient (Wildman–Crippen LogP) is 1.67. The first-order valence-corrected chi connectivity index (χ1v) is 9.95. The lowest BCUT2D eigenvalue weighted by Gasteiger charge is -2.13. The van der Waals surface area contributed by atoms with Crippen molar-refractivity contribution in [1.29, 1.82) is 0 Å². The lowest BCUT2D eigenvalue weighted by Crippen LogP contribution is -2.36. The number of nitrogens with zero attached hydrogens (tertiary/aromatic N) is 2. The van der Waals surface area contributed by atoms with Gasteiger partial charge in [-0.15, -0.1) is 0 Å². The summed E-state index contributed by atoms with van der Waals surface area (Å²) in [7, 11) is 0.0723. The largest absolute Gasteiger partial charge is 0.481 e. The van der Waals surface area contributed by atoms with Gasteiger partial charge in [-0.3, -0.25) is 4.99 Å². The third kappa shape index (κ3) is 5.45. The van der Waals surface area contributed by atoms with Gasteiger partial charge in [-0.05, 0) is 35.7 Å². The number of hydrogen-bond donors (Lipinski definition) is 2. The number of rotatable bonds is 6. The Morgan fingerprint density at radius 2 is 1.81 bits per heavy atom. The summed E-state index contributed by atoms with van der Waals surface area (Å²) in [5.41, 5.74) is 2.73. The minimum atomic E-state index is -3.20. The molecule has 0 amide bonds. The summed E-state index contributed by atoms with van der Waals surface area (Å²) < 4.78 is 28.5. The number of guanidine groups is 1. The van der Waals surface area contributed by atoms with Crippen molar-refractivity contribution in [3.8, 4) is 5.88 Å². The maximum Gasteiger partial charge on any atom is 0.213 e. The van der Waals surface area contributed by atoms with Gasteiger partial charge >= 0.3 is 0 Å². The van der Waals surface area contributed by atoms with Crippen LogP contribution in [-0.4, -0.2) is 39.8 Å². The lowest BCUT2D eigenvalue weighted by atomic mass is 10.1.